The van der Waals surface area contributed by atoms with E-state index in [1.54, 1.807) is 0 Å². The minimum absolute atomic E-state index is 0.318. The summed E-state index contributed by atoms with van der Waals surface area (Å²) in [7, 11) is 2.11. The average Bonchev–Trinajstić information content (AvgIpc) is 2.03. The van der Waals surface area contributed by atoms with Crippen LogP contribution in [0.25, 0.3) is 0 Å². The van der Waals surface area contributed by atoms with Gasteiger partial charge in [0.1, 0.15) is 0 Å². The van der Waals surface area contributed by atoms with Crippen LogP contribution in [0, 0.1) is 11.8 Å². The molecule has 0 radical (unpaired) electrons. The van der Waals surface area contributed by atoms with E-state index in [1.165, 1.54) is 12.8 Å². The van der Waals surface area contributed by atoms with Crippen LogP contribution in [0.5, 0.6) is 0 Å². The third-order valence-corrected chi connectivity index (χ3v) is 2.96. The molecule has 1 heterocycles. The molecule has 13 heavy (non-hydrogen) atoms. The van der Waals surface area contributed by atoms with Gasteiger partial charge >= 0.3 is 5.97 Å². The molecule has 76 valence electrons. The summed E-state index contributed by atoms with van der Waals surface area (Å²) in [5.74, 6) is 0.232. The van der Waals surface area contributed by atoms with Crippen molar-refractivity contribution in [1.29, 1.82) is 0 Å². The van der Waals surface area contributed by atoms with E-state index in [-0.39, 0.29) is 0 Å². The second kappa shape index (κ2) is 4.61. The van der Waals surface area contributed by atoms with Gasteiger partial charge in [-0.05, 0) is 38.3 Å². The van der Waals surface area contributed by atoms with Crippen molar-refractivity contribution in [2.45, 2.75) is 26.2 Å². The van der Waals surface area contributed by atoms with Crippen LogP contribution in [-0.2, 0) is 4.79 Å². The molecule has 0 aromatic rings. The van der Waals surface area contributed by atoms with Crippen molar-refractivity contribution in [3.63, 3.8) is 0 Å². The number of likely N-dealkylation sites (tertiary alicyclic amines) is 1. The SMILES string of the molecule is CC(CC(=O)O)C1CCCN(C)C1. The van der Waals surface area contributed by atoms with E-state index < -0.39 is 5.97 Å². The van der Waals surface area contributed by atoms with Crippen LogP contribution in [0.4, 0.5) is 0 Å². The topological polar surface area (TPSA) is 40.5 Å². The number of carboxylic acids is 1. The molecule has 1 rings (SSSR count). The maximum atomic E-state index is 10.5. The summed E-state index contributed by atoms with van der Waals surface area (Å²) < 4.78 is 0. The van der Waals surface area contributed by atoms with Gasteiger partial charge < -0.3 is 10.0 Å². The average molecular weight is 185 g/mol. The highest BCUT2D eigenvalue weighted by molar-refractivity contribution is 5.66. The highest BCUT2D eigenvalue weighted by Gasteiger charge is 2.23. The molecule has 3 nitrogen and oxygen atoms in total. The van der Waals surface area contributed by atoms with Crippen molar-refractivity contribution < 1.29 is 9.90 Å². The minimum Gasteiger partial charge on any atom is -0.481 e. The third kappa shape index (κ3) is 3.35. The smallest absolute Gasteiger partial charge is 0.303 e. The van der Waals surface area contributed by atoms with Crippen LogP contribution in [-0.4, -0.2) is 36.1 Å². The Kier molecular flexibility index (Phi) is 3.72. The van der Waals surface area contributed by atoms with Crippen LogP contribution in [0.2, 0.25) is 0 Å². The van der Waals surface area contributed by atoms with Crippen molar-refractivity contribution in [1.82, 2.24) is 4.90 Å². The number of hydrogen-bond donors (Lipinski definition) is 1. The lowest BCUT2D eigenvalue weighted by Gasteiger charge is -2.32. The van der Waals surface area contributed by atoms with Gasteiger partial charge in [-0.25, -0.2) is 0 Å². The molecule has 2 atom stereocenters. The third-order valence-electron chi connectivity index (χ3n) is 2.96. The molecule has 2 unspecified atom stereocenters. The second-order valence-electron chi connectivity index (χ2n) is 4.24. The summed E-state index contributed by atoms with van der Waals surface area (Å²) in [6, 6.07) is 0. The highest BCUT2D eigenvalue weighted by Crippen LogP contribution is 2.25. The molecule has 1 aliphatic rings. The van der Waals surface area contributed by atoms with Gasteiger partial charge in [-0.15, -0.1) is 0 Å². The molecule has 0 aromatic heterocycles. The van der Waals surface area contributed by atoms with E-state index in [1.807, 2.05) is 0 Å². The van der Waals surface area contributed by atoms with E-state index >= 15 is 0 Å². The lowest BCUT2D eigenvalue weighted by Crippen LogP contribution is -2.35. The van der Waals surface area contributed by atoms with Crippen LogP contribution < -0.4 is 0 Å². The maximum absolute atomic E-state index is 10.5. The van der Waals surface area contributed by atoms with Gasteiger partial charge in [0.15, 0.2) is 0 Å². The monoisotopic (exact) mass is 185 g/mol. The largest absolute Gasteiger partial charge is 0.481 e. The Morgan fingerprint density at radius 2 is 2.38 bits per heavy atom. The van der Waals surface area contributed by atoms with Crippen LogP contribution >= 0.6 is 0 Å². The van der Waals surface area contributed by atoms with Gasteiger partial charge in [-0.1, -0.05) is 6.92 Å². The van der Waals surface area contributed by atoms with Crippen molar-refractivity contribution in [2.24, 2.45) is 11.8 Å². The summed E-state index contributed by atoms with van der Waals surface area (Å²) in [5, 5.41) is 8.67. The number of aliphatic carboxylic acids is 1. The molecule has 0 aromatic carbocycles. The number of rotatable bonds is 3. The van der Waals surface area contributed by atoms with Gasteiger partial charge in [-0.2, -0.15) is 0 Å². The fourth-order valence-electron chi connectivity index (χ4n) is 2.11. The van der Waals surface area contributed by atoms with Crippen LogP contribution in [0.3, 0.4) is 0 Å². The Labute approximate surface area is 79.7 Å². The lowest BCUT2D eigenvalue weighted by atomic mass is 9.85. The van der Waals surface area contributed by atoms with E-state index in [2.05, 4.69) is 18.9 Å². The van der Waals surface area contributed by atoms with Crippen molar-refractivity contribution in [3.8, 4) is 0 Å². The Balaban J connectivity index is 2.36. The summed E-state index contributed by atoms with van der Waals surface area (Å²) in [4.78, 5) is 12.8. The predicted octanol–water partition coefficient (Wildman–Crippen LogP) is 1.44. The van der Waals surface area contributed by atoms with Gasteiger partial charge in [-0.3, -0.25) is 4.79 Å². The molecule has 0 spiro atoms. The lowest BCUT2D eigenvalue weighted by molar-refractivity contribution is -0.138. The summed E-state index contributed by atoms with van der Waals surface area (Å²) in [5.41, 5.74) is 0. The fourth-order valence-corrected chi connectivity index (χ4v) is 2.11. The van der Waals surface area contributed by atoms with Gasteiger partial charge in [0.05, 0.1) is 0 Å². The molecule has 1 N–H and O–H groups in total. The van der Waals surface area contributed by atoms with Gasteiger partial charge in [0.2, 0.25) is 0 Å². The summed E-state index contributed by atoms with van der Waals surface area (Å²) >= 11 is 0. The molecule has 0 aliphatic carbocycles. The zero-order valence-corrected chi connectivity index (χ0v) is 8.49. The zero-order chi connectivity index (χ0) is 9.84. The van der Waals surface area contributed by atoms with E-state index in [0.717, 1.165) is 13.1 Å². The number of carbonyl (C=O) groups is 1. The molecule has 1 fully saturated rings. The second-order valence-corrected chi connectivity index (χ2v) is 4.24. The van der Waals surface area contributed by atoms with Crippen molar-refractivity contribution in [3.05, 3.63) is 0 Å². The molecule has 3 heteroatoms. The van der Waals surface area contributed by atoms with Crippen LogP contribution in [0.15, 0.2) is 0 Å². The first kappa shape index (κ1) is 10.5. The maximum Gasteiger partial charge on any atom is 0.303 e. The van der Waals surface area contributed by atoms with Crippen molar-refractivity contribution in [2.75, 3.05) is 20.1 Å². The molecule has 0 bridgehead atoms. The molecule has 1 saturated heterocycles. The first-order valence-corrected chi connectivity index (χ1v) is 5.00. The Hall–Kier alpha value is -0.570. The zero-order valence-electron chi connectivity index (χ0n) is 8.49. The Morgan fingerprint density at radius 1 is 1.69 bits per heavy atom. The quantitative estimate of drug-likeness (QED) is 0.723. The fraction of sp³-hybridized carbons (Fsp3) is 0.900. The summed E-state index contributed by atoms with van der Waals surface area (Å²) in [6.45, 7) is 4.28. The summed E-state index contributed by atoms with van der Waals surface area (Å²) in [6.07, 6.45) is 2.72. The molecule has 0 amide bonds. The Morgan fingerprint density at radius 3 is 2.92 bits per heavy atom. The van der Waals surface area contributed by atoms with E-state index in [9.17, 15) is 4.79 Å². The molecule has 0 saturated carbocycles. The minimum atomic E-state index is -0.666. The number of hydrogen-bond acceptors (Lipinski definition) is 2. The molecular formula is C10H19NO2. The Bertz CT molecular complexity index is 182. The first-order chi connectivity index (χ1) is 6.09. The van der Waals surface area contributed by atoms with Gasteiger partial charge in [0.25, 0.3) is 0 Å². The van der Waals surface area contributed by atoms with E-state index in [4.69, 9.17) is 5.11 Å². The highest BCUT2D eigenvalue weighted by atomic mass is 16.4. The van der Waals surface area contributed by atoms with Crippen molar-refractivity contribution >= 4 is 5.97 Å². The number of carboxylic acid groups (broad SMARTS) is 1. The van der Waals surface area contributed by atoms with Gasteiger partial charge in [0, 0.05) is 13.0 Å². The predicted molar refractivity (Wildman–Crippen MR) is 51.6 cm³/mol. The standard InChI is InChI=1S/C10H19NO2/c1-8(6-10(12)13)9-4-3-5-11(2)7-9/h8-9H,3-7H2,1-2H3,(H,12,13). The van der Waals surface area contributed by atoms with Crippen LogP contribution in [0.1, 0.15) is 26.2 Å². The molecular weight excluding hydrogens is 166 g/mol. The molecule has 1 aliphatic heterocycles. The normalized spacial score (nSPS) is 27.1. The van der Waals surface area contributed by atoms with E-state index in [0.29, 0.717) is 18.3 Å². The number of nitrogens with zero attached hydrogens (tertiary/aromatic N) is 1. The first-order valence-electron chi connectivity index (χ1n) is 5.00. The number of piperidine rings is 1.